The summed E-state index contributed by atoms with van der Waals surface area (Å²) >= 11 is 0. The Balaban J connectivity index is 2.14. The summed E-state index contributed by atoms with van der Waals surface area (Å²) in [5, 5.41) is 20.5. The summed E-state index contributed by atoms with van der Waals surface area (Å²) in [5.41, 5.74) is 3.09. The maximum atomic E-state index is 11.5. The van der Waals surface area contributed by atoms with E-state index in [1.807, 2.05) is 43.7 Å². The quantitative estimate of drug-likeness (QED) is 0.755. The van der Waals surface area contributed by atoms with E-state index in [4.69, 9.17) is 10.1 Å². The summed E-state index contributed by atoms with van der Waals surface area (Å²) in [6, 6.07) is 11.6. The van der Waals surface area contributed by atoms with Gasteiger partial charge in [0, 0.05) is 17.6 Å². The van der Waals surface area contributed by atoms with E-state index in [1.165, 1.54) is 6.21 Å². The van der Waals surface area contributed by atoms with E-state index in [2.05, 4.69) is 6.07 Å². The van der Waals surface area contributed by atoms with Gasteiger partial charge in [-0.15, -0.1) is 0 Å². The van der Waals surface area contributed by atoms with Crippen molar-refractivity contribution in [1.82, 2.24) is 4.57 Å². The molecule has 5 heteroatoms. The lowest BCUT2D eigenvalue weighted by Gasteiger charge is -2.27. The minimum absolute atomic E-state index is 0.408. The maximum Gasteiger partial charge on any atom is 0.220 e. The van der Waals surface area contributed by atoms with Crippen molar-refractivity contribution < 1.29 is 9.74 Å². The van der Waals surface area contributed by atoms with E-state index >= 15 is 0 Å². The molecular formula is C16H15N3O2. The van der Waals surface area contributed by atoms with Crippen LogP contribution in [0.5, 0.6) is 5.75 Å². The number of hydrogen-bond acceptors (Lipinski definition) is 3. The van der Waals surface area contributed by atoms with Crippen LogP contribution in [-0.2, 0) is 12.5 Å². The molecule has 0 spiro atoms. The molecule has 0 saturated heterocycles. The van der Waals surface area contributed by atoms with Crippen LogP contribution in [-0.4, -0.2) is 15.7 Å². The predicted molar refractivity (Wildman–Crippen MR) is 78.9 cm³/mol. The summed E-state index contributed by atoms with van der Waals surface area (Å²) in [7, 11) is 1.86. The molecule has 3 rings (SSSR count). The Bertz CT molecular complexity index is 794. The van der Waals surface area contributed by atoms with E-state index in [0.29, 0.717) is 16.3 Å². The Labute approximate surface area is 122 Å². The number of fused-ring (bicyclic) bond motifs is 1. The highest BCUT2D eigenvalue weighted by Crippen LogP contribution is 2.36. The molecule has 0 aliphatic carbocycles. The molecule has 0 saturated carbocycles. The topological polar surface area (TPSA) is 64.0 Å². The van der Waals surface area contributed by atoms with Crippen molar-refractivity contribution in [3.63, 3.8) is 0 Å². The highest BCUT2D eigenvalue weighted by atomic mass is 16.9. The Morgan fingerprint density at radius 2 is 2.05 bits per heavy atom. The van der Waals surface area contributed by atoms with Crippen molar-refractivity contribution in [1.29, 1.82) is 5.26 Å². The SMILES string of the molecule is Cn1c(C#N)ccc1-c1ccc2c(c1)C(C)(C)C=[N+]([O-])O2. The summed E-state index contributed by atoms with van der Waals surface area (Å²) < 4.78 is 1.85. The van der Waals surface area contributed by atoms with Crippen molar-refractivity contribution in [2.45, 2.75) is 19.3 Å². The average molecular weight is 281 g/mol. The van der Waals surface area contributed by atoms with Crippen LogP contribution in [0.3, 0.4) is 0 Å². The molecule has 0 bridgehead atoms. The van der Waals surface area contributed by atoms with E-state index in [0.717, 1.165) is 16.8 Å². The third-order valence-corrected chi connectivity index (χ3v) is 3.82. The van der Waals surface area contributed by atoms with E-state index in [-0.39, 0.29) is 0 Å². The van der Waals surface area contributed by atoms with E-state index in [9.17, 15) is 5.21 Å². The van der Waals surface area contributed by atoms with Crippen LogP contribution in [0.4, 0.5) is 0 Å². The van der Waals surface area contributed by atoms with Crippen LogP contribution in [0.25, 0.3) is 11.3 Å². The van der Waals surface area contributed by atoms with Gasteiger partial charge in [0.15, 0.2) is 0 Å². The molecular weight excluding hydrogens is 266 g/mol. The van der Waals surface area contributed by atoms with Crippen molar-refractivity contribution in [3.05, 3.63) is 46.8 Å². The molecule has 0 unspecified atom stereocenters. The minimum Gasteiger partial charge on any atom is -0.368 e. The van der Waals surface area contributed by atoms with Crippen LogP contribution >= 0.6 is 0 Å². The van der Waals surface area contributed by atoms with Crippen molar-refractivity contribution >= 4 is 6.21 Å². The fraction of sp³-hybridized carbons (Fsp3) is 0.250. The number of benzene rings is 1. The zero-order valence-electron chi connectivity index (χ0n) is 12.1. The lowest BCUT2D eigenvalue weighted by molar-refractivity contribution is -0.694. The number of rotatable bonds is 1. The zero-order valence-corrected chi connectivity index (χ0v) is 12.1. The van der Waals surface area contributed by atoms with Crippen LogP contribution in [0.2, 0.25) is 0 Å². The van der Waals surface area contributed by atoms with E-state index < -0.39 is 5.41 Å². The van der Waals surface area contributed by atoms with Gasteiger partial charge in [-0.1, -0.05) is 6.07 Å². The smallest absolute Gasteiger partial charge is 0.220 e. The first-order valence-electron chi connectivity index (χ1n) is 6.63. The second-order valence-corrected chi connectivity index (χ2v) is 5.71. The molecule has 2 heterocycles. The average Bonchev–Trinajstić information content (AvgIpc) is 2.78. The molecule has 1 aromatic heterocycles. The maximum absolute atomic E-state index is 11.5. The highest BCUT2D eigenvalue weighted by molar-refractivity contribution is 5.74. The first-order chi connectivity index (χ1) is 9.92. The van der Waals surface area contributed by atoms with Crippen LogP contribution in [0.1, 0.15) is 25.1 Å². The fourth-order valence-corrected chi connectivity index (χ4v) is 2.64. The van der Waals surface area contributed by atoms with Crippen molar-refractivity contribution in [2.24, 2.45) is 7.05 Å². The molecule has 5 nitrogen and oxygen atoms in total. The molecule has 106 valence electrons. The fourth-order valence-electron chi connectivity index (χ4n) is 2.64. The van der Waals surface area contributed by atoms with Gasteiger partial charge in [0.05, 0.1) is 11.2 Å². The third-order valence-electron chi connectivity index (χ3n) is 3.82. The number of nitrogens with zero attached hydrogens (tertiary/aromatic N) is 3. The van der Waals surface area contributed by atoms with Gasteiger partial charge in [0.1, 0.15) is 11.8 Å². The summed E-state index contributed by atoms with van der Waals surface area (Å²) in [5.74, 6) is 0.566. The van der Waals surface area contributed by atoms with Gasteiger partial charge in [-0.2, -0.15) is 5.26 Å². The lowest BCUT2D eigenvalue weighted by Crippen LogP contribution is -2.31. The molecule has 0 amide bonds. The second-order valence-electron chi connectivity index (χ2n) is 5.71. The van der Waals surface area contributed by atoms with E-state index in [1.54, 1.807) is 12.1 Å². The van der Waals surface area contributed by atoms with Crippen LogP contribution < -0.4 is 4.84 Å². The minimum atomic E-state index is -0.408. The molecule has 0 radical (unpaired) electrons. The first-order valence-corrected chi connectivity index (χ1v) is 6.63. The molecule has 21 heavy (non-hydrogen) atoms. The Hall–Kier alpha value is -2.74. The highest BCUT2D eigenvalue weighted by Gasteiger charge is 2.31. The molecule has 0 fully saturated rings. The summed E-state index contributed by atoms with van der Waals surface area (Å²) in [6.45, 7) is 3.93. The Morgan fingerprint density at radius 3 is 2.71 bits per heavy atom. The van der Waals surface area contributed by atoms with Crippen LogP contribution in [0.15, 0.2) is 30.3 Å². The predicted octanol–water partition coefficient (Wildman–Crippen LogP) is 2.73. The monoisotopic (exact) mass is 281 g/mol. The zero-order chi connectivity index (χ0) is 15.2. The van der Waals surface area contributed by atoms with Gasteiger partial charge >= 0.3 is 0 Å². The number of nitriles is 1. The lowest BCUT2D eigenvalue weighted by atomic mass is 9.83. The van der Waals surface area contributed by atoms with Crippen molar-refractivity contribution in [3.8, 4) is 23.1 Å². The summed E-state index contributed by atoms with van der Waals surface area (Å²) in [6.07, 6.45) is 1.50. The van der Waals surface area contributed by atoms with Gasteiger partial charge in [-0.25, -0.2) is 0 Å². The van der Waals surface area contributed by atoms with Crippen molar-refractivity contribution in [2.75, 3.05) is 0 Å². The van der Waals surface area contributed by atoms with Gasteiger partial charge in [-0.3, -0.25) is 5.21 Å². The largest absolute Gasteiger partial charge is 0.368 e. The molecule has 1 aromatic carbocycles. The Kier molecular flexibility index (Phi) is 2.77. The van der Waals surface area contributed by atoms with Gasteiger partial charge in [0.2, 0.25) is 6.21 Å². The first kappa shape index (κ1) is 13.3. The molecule has 1 aliphatic heterocycles. The molecule has 0 atom stereocenters. The van der Waals surface area contributed by atoms with Gasteiger partial charge in [0.25, 0.3) is 0 Å². The summed E-state index contributed by atoms with van der Waals surface area (Å²) in [4.78, 5) is 5.68. The molecule has 0 N–H and O–H groups in total. The number of hydrogen-bond donors (Lipinski definition) is 0. The molecule has 2 aromatic rings. The van der Waals surface area contributed by atoms with Gasteiger partial charge < -0.3 is 9.40 Å². The standard InChI is InChI=1S/C16H15N3O2/c1-16(2)10-19(20)21-15-7-4-11(8-13(15)16)14-6-5-12(9-17)18(14)3/h4-8,10H,1-3H3. The van der Waals surface area contributed by atoms with Gasteiger partial charge in [-0.05, 0) is 49.2 Å². The second kappa shape index (κ2) is 4.38. The van der Waals surface area contributed by atoms with Crippen LogP contribution in [0, 0.1) is 16.5 Å². The normalized spacial score (nSPS) is 15.6. The third kappa shape index (κ3) is 2.05. The number of aromatic nitrogens is 1. The Morgan fingerprint density at radius 1 is 1.29 bits per heavy atom. The molecule has 1 aliphatic rings.